The van der Waals surface area contributed by atoms with E-state index in [1.54, 1.807) is 0 Å². The largest absolute Gasteiger partial charge is 0.463 e. The number of rotatable bonds is 3. The van der Waals surface area contributed by atoms with E-state index in [4.69, 9.17) is 4.12 Å². The van der Waals surface area contributed by atoms with Crippen molar-refractivity contribution in [2.24, 2.45) is 5.41 Å². The molecule has 0 atom stereocenters. The molecule has 3 heteroatoms. The molecular weight excluding hydrogens is 168 g/mol. The van der Waals surface area contributed by atoms with Crippen LogP contribution in [-0.4, -0.2) is 18.8 Å². The van der Waals surface area contributed by atoms with Gasteiger partial charge in [-0.3, -0.25) is 0 Å². The van der Waals surface area contributed by atoms with Crippen molar-refractivity contribution >= 4 is 18.8 Å². The molecule has 0 saturated heterocycles. The lowest BCUT2D eigenvalue weighted by molar-refractivity contribution is 0.388. The minimum absolute atomic E-state index is 0.477. The lowest BCUT2D eigenvalue weighted by Gasteiger charge is -2.26. The highest BCUT2D eigenvalue weighted by Crippen LogP contribution is 2.25. The van der Waals surface area contributed by atoms with Gasteiger partial charge in [-0.25, -0.2) is 0 Å². The topological polar surface area (TPSA) is 9.23 Å². The summed E-state index contributed by atoms with van der Waals surface area (Å²) in [6, 6.07) is 1.31. The van der Waals surface area contributed by atoms with Crippen LogP contribution in [0.2, 0.25) is 19.1 Å². The van der Waals surface area contributed by atoms with Crippen LogP contribution >= 0.6 is 0 Å². The number of hydrogen-bond acceptors (Lipinski definition) is 1. The summed E-state index contributed by atoms with van der Waals surface area (Å²) in [7, 11) is -0.315. The van der Waals surface area contributed by atoms with Gasteiger partial charge in [0.2, 0.25) is 0 Å². The van der Waals surface area contributed by atoms with Crippen LogP contribution in [0.4, 0.5) is 0 Å². The van der Waals surface area contributed by atoms with Crippen LogP contribution in [0.1, 0.15) is 27.2 Å². The Morgan fingerprint density at radius 1 is 1.27 bits per heavy atom. The molecule has 0 aromatic rings. The fourth-order valence-electron chi connectivity index (χ4n) is 0.778. The zero-order valence-electron chi connectivity index (χ0n) is 8.82. The fraction of sp³-hybridized carbons (Fsp3) is 1.00. The third-order valence-electron chi connectivity index (χ3n) is 2.03. The second-order valence-electron chi connectivity index (χ2n) is 5.02. The van der Waals surface area contributed by atoms with Crippen LogP contribution in [-0.2, 0) is 4.12 Å². The van der Waals surface area contributed by atoms with Crippen molar-refractivity contribution in [2.45, 2.75) is 46.3 Å². The van der Waals surface area contributed by atoms with Crippen LogP contribution in [0.15, 0.2) is 0 Å². The second-order valence-corrected chi connectivity index (χ2v) is 10.7. The van der Waals surface area contributed by atoms with E-state index in [1.807, 2.05) is 0 Å². The molecule has 0 saturated carbocycles. The third-order valence-corrected chi connectivity index (χ3v) is 7.90. The Bertz CT molecular complexity index is 116. The minimum atomic E-state index is -1.23. The van der Waals surface area contributed by atoms with Crippen molar-refractivity contribution < 1.29 is 4.12 Å². The van der Waals surface area contributed by atoms with Gasteiger partial charge in [0, 0.05) is 0 Å². The molecule has 0 bridgehead atoms. The van der Waals surface area contributed by atoms with Gasteiger partial charge >= 0.3 is 0 Å². The monoisotopic (exact) mass is 190 g/mol. The zero-order valence-corrected chi connectivity index (χ0v) is 11.8. The summed E-state index contributed by atoms with van der Waals surface area (Å²) < 4.78 is 5.61. The predicted octanol–water partition coefficient (Wildman–Crippen LogP) is 1.92. The summed E-state index contributed by atoms with van der Waals surface area (Å²) in [6.45, 7) is 11.5. The van der Waals surface area contributed by atoms with Crippen molar-refractivity contribution in [1.82, 2.24) is 0 Å². The van der Waals surface area contributed by atoms with Crippen molar-refractivity contribution in [3.63, 3.8) is 0 Å². The van der Waals surface area contributed by atoms with Gasteiger partial charge in [-0.1, -0.05) is 20.8 Å². The van der Waals surface area contributed by atoms with Gasteiger partial charge in [-0.2, -0.15) is 0 Å². The highest BCUT2D eigenvalue weighted by Gasteiger charge is 2.22. The minimum Gasteiger partial charge on any atom is -0.463 e. The third kappa shape index (κ3) is 6.78. The quantitative estimate of drug-likeness (QED) is 0.618. The normalized spacial score (nSPS) is 13.9. The second kappa shape index (κ2) is 3.87. The molecule has 0 N–H and O–H groups in total. The Labute approximate surface area is 75.2 Å². The molecular formula is C8H22OSi2. The standard InChI is InChI=1S/C8H22OSi2/c1-8(2,3)6-7-11(4,5)9-10/h6-7H2,1-5,10H3. The molecule has 0 aromatic carbocycles. The zero-order chi connectivity index (χ0) is 9.12. The lowest BCUT2D eigenvalue weighted by atomic mass is 9.94. The molecule has 0 aliphatic carbocycles. The van der Waals surface area contributed by atoms with E-state index in [9.17, 15) is 0 Å². The Hall–Kier alpha value is 0.394. The molecule has 1 nitrogen and oxygen atoms in total. The van der Waals surface area contributed by atoms with E-state index >= 15 is 0 Å². The Morgan fingerprint density at radius 2 is 1.73 bits per heavy atom. The van der Waals surface area contributed by atoms with E-state index in [-0.39, 0.29) is 0 Å². The van der Waals surface area contributed by atoms with Gasteiger partial charge in [0.05, 0.1) is 0 Å². The van der Waals surface area contributed by atoms with Crippen LogP contribution in [0, 0.1) is 5.41 Å². The average molecular weight is 190 g/mol. The van der Waals surface area contributed by atoms with Crippen LogP contribution in [0.5, 0.6) is 0 Å². The highest BCUT2D eigenvalue weighted by molar-refractivity contribution is 6.73. The van der Waals surface area contributed by atoms with Gasteiger partial charge in [0.1, 0.15) is 10.5 Å². The van der Waals surface area contributed by atoms with Crippen LogP contribution in [0.3, 0.4) is 0 Å². The van der Waals surface area contributed by atoms with Gasteiger partial charge in [0.25, 0.3) is 0 Å². The van der Waals surface area contributed by atoms with Gasteiger partial charge in [-0.05, 0) is 31.0 Å². The average Bonchev–Trinajstić information content (AvgIpc) is 1.83. The van der Waals surface area contributed by atoms with Gasteiger partial charge in [0.15, 0.2) is 8.32 Å². The smallest absolute Gasteiger partial charge is 0.172 e. The molecule has 0 spiro atoms. The van der Waals surface area contributed by atoms with Crippen LogP contribution < -0.4 is 0 Å². The Morgan fingerprint density at radius 3 is 2.00 bits per heavy atom. The van der Waals surface area contributed by atoms with Gasteiger partial charge < -0.3 is 4.12 Å². The summed E-state index contributed by atoms with van der Waals surface area (Å²) in [5.74, 6) is 0. The molecule has 0 amide bonds. The maximum Gasteiger partial charge on any atom is 0.172 e. The van der Waals surface area contributed by atoms with E-state index < -0.39 is 8.32 Å². The maximum absolute atomic E-state index is 5.61. The SMILES string of the molecule is CC(C)(C)CC[Si](C)(C)O[SiH3]. The highest BCUT2D eigenvalue weighted by atomic mass is 28.4. The summed E-state index contributed by atoms with van der Waals surface area (Å²) >= 11 is 0. The Kier molecular flexibility index (Phi) is 4.01. The fourth-order valence-corrected chi connectivity index (χ4v) is 2.95. The van der Waals surface area contributed by atoms with E-state index in [1.165, 1.54) is 12.5 Å². The summed E-state index contributed by atoms with van der Waals surface area (Å²) in [6.07, 6.45) is 1.30. The molecule has 0 rings (SSSR count). The summed E-state index contributed by atoms with van der Waals surface area (Å²) in [5.41, 5.74) is 0.477. The molecule has 0 heterocycles. The van der Waals surface area contributed by atoms with Crippen molar-refractivity contribution in [3.8, 4) is 0 Å². The molecule has 0 aromatic heterocycles. The van der Waals surface area contributed by atoms with Crippen LogP contribution in [0.25, 0.3) is 0 Å². The van der Waals surface area contributed by atoms with Crippen molar-refractivity contribution in [1.29, 1.82) is 0 Å². The first kappa shape index (κ1) is 11.4. The van der Waals surface area contributed by atoms with E-state index in [0.29, 0.717) is 5.41 Å². The maximum atomic E-state index is 5.61. The summed E-state index contributed by atoms with van der Waals surface area (Å²) in [5, 5.41) is 0. The molecule has 68 valence electrons. The first-order valence-electron chi connectivity index (χ1n) is 4.32. The molecule has 0 unspecified atom stereocenters. The van der Waals surface area contributed by atoms with Crippen molar-refractivity contribution in [2.75, 3.05) is 0 Å². The van der Waals surface area contributed by atoms with E-state index in [2.05, 4.69) is 33.9 Å². The first-order chi connectivity index (χ1) is 4.77. The Balaban J connectivity index is 3.70. The van der Waals surface area contributed by atoms with E-state index in [0.717, 1.165) is 10.5 Å². The molecule has 0 fully saturated rings. The predicted molar refractivity (Wildman–Crippen MR) is 57.4 cm³/mol. The summed E-state index contributed by atoms with van der Waals surface area (Å²) in [4.78, 5) is 0. The number of hydrogen-bond donors (Lipinski definition) is 0. The van der Waals surface area contributed by atoms with Crippen molar-refractivity contribution in [3.05, 3.63) is 0 Å². The molecule has 11 heavy (non-hydrogen) atoms. The molecule has 0 aliphatic rings. The molecule has 0 radical (unpaired) electrons. The molecule has 0 aliphatic heterocycles. The first-order valence-corrected chi connectivity index (χ1v) is 8.25. The lowest BCUT2D eigenvalue weighted by Crippen LogP contribution is -2.30. The van der Waals surface area contributed by atoms with Gasteiger partial charge in [-0.15, -0.1) is 0 Å².